The molecule has 1 fully saturated rings. The molecular formula is C19H27BrIN5S. The quantitative estimate of drug-likeness (QED) is 0.239. The highest BCUT2D eigenvalue weighted by Crippen LogP contribution is 2.28. The Morgan fingerprint density at radius 3 is 2.93 bits per heavy atom. The number of anilines is 1. The maximum absolute atomic E-state index is 4.51. The van der Waals surface area contributed by atoms with Gasteiger partial charge in [0.1, 0.15) is 0 Å². The molecule has 1 unspecified atom stereocenters. The van der Waals surface area contributed by atoms with Crippen LogP contribution in [0.2, 0.25) is 0 Å². The van der Waals surface area contributed by atoms with Gasteiger partial charge in [-0.05, 0) is 47.8 Å². The van der Waals surface area contributed by atoms with Crippen LogP contribution in [0.3, 0.4) is 0 Å². The van der Waals surface area contributed by atoms with E-state index in [1.165, 1.54) is 10.7 Å². The van der Waals surface area contributed by atoms with E-state index in [1.54, 1.807) is 11.3 Å². The first-order valence-corrected chi connectivity index (χ1v) is 10.7. The predicted octanol–water partition coefficient (Wildman–Crippen LogP) is 4.21. The second-order valence-corrected chi connectivity index (χ2v) is 8.31. The second-order valence-electron chi connectivity index (χ2n) is 6.51. The molecule has 8 heteroatoms. The Bertz CT molecular complexity index is 751. The van der Waals surface area contributed by atoms with E-state index in [0.717, 1.165) is 55.0 Å². The zero-order valence-electron chi connectivity index (χ0n) is 15.7. The number of hydrogen-bond acceptors (Lipinski definition) is 4. The minimum absolute atomic E-state index is 0. The van der Waals surface area contributed by atoms with Crippen molar-refractivity contribution in [2.24, 2.45) is 4.99 Å². The van der Waals surface area contributed by atoms with Gasteiger partial charge in [0.2, 0.25) is 0 Å². The summed E-state index contributed by atoms with van der Waals surface area (Å²) in [6.07, 6.45) is 3.18. The number of halogens is 2. The Morgan fingerprint density at radius 2 is 2.22 bits per heavy atom. The molecule has 1 aliphatic heterocycles. The second kappa shape index (κ2) is 11.2. The van der Waals surface area contributed by atoms with Gasteiger partial charge in [-0.25, -0.2) is 4.98 Å². The first-order valence-electron chi connectivity index (χ1n) is 9.03. The Balaban J connectivity index is 0.00000261. The molecule has 2 aromatic rings. The number of thiazole rings is 1. The van der Waals surface area contributed by atoms with Crippen molar-refractivity contribution in [1.29, 1.82) is 0 Å². The summed E-state index contributed by atoms with van der Waals surface area (Å²) < 4.78 is 1.15. The van der Waals surface area contributed by atoms with Gasteiger partial charge in [0.15, 0.2) is 5.96 Å². The van der Waals surface area contributed by atoms with E-state index >= 15 is 0 Å². The van der Waals surface area contributed by atoms with Crippen LogP contribution in [-0.2, 0) is 6.42 Å². The van der Waals surface area contributed by atoms with Gasteiger partial charge in [-0.2, -0.15) is 0 Å². The van der Waals surface area contributed by atoms with E-state index in [-0.39, 0.29) is 24.0 Å². The first kappa shape index (κ1) is 22.4. The smallest absolute Gasteiger partial charge is 0.191 e. The van der Waals surface area contributed by atoms with E-state index in [9.17, 15) is 0 Å². The number of nitrogens with zero attached hydrogens (tertiary/aromatic N) is 3. The lowest BCUT2D eigenvalue weighted by Gasteiger charge is -2.21. The Kier molecular flexibility index (Phi) is 9.31. The summed E-state index contributed by atoms with van der Waals surface area (Å²) >= 11 is 5.40. The van der Waals surface area contributed by atoms with Crippen LogP contribution in [0.1, 0.15) is 23.5 Å². The van der Waals surface area contributed by atoms with Crippen molar-refractivity contribution in [2.75, 3.05) is 31.6 Å². The third-order valence-corrected chi connectivity index (χ3v) is 6.17. The lowest BCUT2D eigenvalue weighted by atomic mass is 10.2. The van der Waals surface area contributed by atoms with Crippen molar-refractivity contribution in [3.05, 3.63) is 44.8 Å². The normalized spacial score (nSPS) is 16.9. The SMILES string of the molecule is CN=C(NCCCc1nc(C)cs1)NC1CCN(c2ccccc2Br)C1.I. The fourth-order valence-electron chi connectivity index (χ4n) is 3.16. The molecule has 3 rings (SSSR count). The van der Waals surface area contributed by atoms with Crippen molar-refractivity contribution in [3.8, 4) is 0 Å². The monoisotopic (exact) mass is 563 g/mol. The molecule has 5 nitrogen and oxygen atoms in total. The van der Waals surface area contributed by atoms with Crippen molar-refractivity contribution < 1.29 is 0 Å². The van der Waals surface area contributed by atoms with Gasteiger partial charge in [0.05, 0.1) is 10.7 Å². The van der Waals surface area contributed by atoms with Crippen LogP contribution in [-0.4, -0.2) is 43.7 Å². The number of aryl methyl sites for hydroxylation is 2. The van der Waals surface area contributed by atoms with Gasteiger partial charge >= 0.3 is 0 Å². The van der Waals surface area contributed by atoms with Crippen LogP contribution in [0, 0.1) is 6.92 Å². The highest BCUT2D eigenvalue weighted by molar-refractivity contribution is 14.0. The Hall–Kier alpha value is -0.870. The van der Waals surface area contributed by atoms with Crippen LogP contribution in [0.25, 0.3) is 0 Å². The molecule has 0 amide bonds. The van der Waals surface area contributed by atoms with Gasteiger partial charge in [0.25, 0.3) is 0 Å². The van der Waals surface area contributed by atoms with Gasteiger partial charge in [-0.3, -0.25) is 4.99 Å². The number of guanidine groups is 1. The molecule has 0 aliphatic carbocycles. The van der Waals surface area contributed by atoms with Crippen molar-refractivity contribution in [1.82, 2.24) is 15.6 Å². The van der Waals surface area contributed by atoms with Gasteiger partial charge in [-0.1, -0.05) is 12.1 Å². The zero-order chi connectivity index (χ0) is 18.4. The highest BCUT2D eigenvalue weighted by atomic mass is 127. The molecule has 27 heavy (non-hydrogen) atoms. The third kappa shape index (κ3) is 6.60. The molecule has 1 aromatic heterocycles. The molecule has 2 N–H and O–H groups in total. The molecule has 0 saturated carbocycles. The number of aromatic nitrogens is 1. The number of rotatable bonds is 6. The summed E-state index contributed by atoms with van der Waals surface area (Å²) in [5, 5.41) is 10.3. The summed E-state index contributed by atoms with van der Waals surface area (Å²) in [4.78, 5) is 11.3. The summed E-state index contributed by atoms with van der Waals surface area (Å²) in [6, 6.07) is 8.82. The Morgan fingerprint density at radius 1 is 1.41 bits per heavy atom. The molecule has 0 bridgehead atoms. The van der Waals surface area contributed by atoms with Crippen LogP contribution in [0.15, 0.2) is 39.1 Å². The molecule has 0 radical (unpaired) electrons. The summed E-state index contributed by atoms with van der Waals surface area (Å²) in [5.41, 5.74) is 2.38. The predicted molar refractivity (Wildman–Crippen MR) is 130 cm³/mol. The molecule has 1 aromatic carbocycles. The minimum atomic E-state index is 0. The average Bonchev–Trinajstić information content (AvgIpc) is 3.27. The van der Waals surface area contributed by atoms with Gasteiger partial charge in [0, 0.05) is 54.7 Å². The van der Waals surface area contributed by atoms with E-state index in [4.69, 9.17) is 0 Å². The maximum atomic E-state index is 4.51. The third-order valence-electron chi connectivity index (χ3n) is 4.47. The van der Waals surface area contributed by atoms with E-state index in [1.807, 2.05) is 14.0 Å². The van der Waals surface area contributed by atoms with Crippen molar-refractivity contribution in [3.63, 3.8) is 0 Å². The summed E-state index contributed by atoms with van der Waals surface area (Å²) in [5.74, 6) is 0.888. The van der Waals surface area contributed by atoms with E-state index < -0.39 is 0 Å². The molecular weight excluding hydrogens is 537 g/mol. The van der Waals surface area contributed by atoms with Crippen LogP contribution in [0.5, 0.6) is 0 Å². The summed E-state index contributed by atoms with van der Waals surface area (Å²) in [7, 11) is 1.83. The topological polar surface area (TPSA) is 52.6 Å². The number of nitrogens with one attached hydrogen (secondary N) is 2. The molecule has 1 aliphatic rings. The van der Waals surface area contributed by atoms with Crippen molar-refractivity contribution in [2.45, 2.75) is 32.2 Å². The fraction of sp³-hybridized carbons (Fsp3) is 0.474. The number of benzene rings is 1. The Labute approximate surface area is 191 Å². The average molecular weight is 564 g/mol. The lowest BCUT2D eigenvalue weighted by Crippen LogP contribution is -2.44. The first-order chi connectivity index (χ1) is 12.7. The van der Waals surface area contributed by atoms with E-state index in [0.29, 0.717) is 6.04 Å². The molecule has 2 heterocycles. The fourth-order valence-corrected chi connectivity index (χ4v) is 4.51. The molecule has 1 atom stereocenters. The van der Waals surface area contributed by atoms with Gasteiger partial charge in [-0.15, -0.1) is 35.3 Å². The highest BCUT2D eigenvalue weighted by Gasteiger charge is 2.24. The van der Waals surface area contributed by atoms with Gasteiger partial charge < -0.3 is 15.5 Å². The number of para-hydroxylation sites is 1. The molecule has 1 saturated heterocycles. The largest absolute Gasteiger partial charge is 0.368 e. The van der Waals surface area contributed by atoms with Crippen LogP contribution >= 0.6 is 51.2 Å². The maximum Gasteiger partial charge on any atom is 0.191 e. The lowest BCUT2D eigenvalue weighted by molar-refractivity contribution is 0.642. The van der Waals surface area contributed by atoms with E-state index in [2.05, 4.69) is 71.1 Å². The number of aliphatic imine (C=N–C) groups is 1. The number of hydrogen-bond donors (Lipinski definition) is 2. The summed E-state index contributed by atoms with van der Waals surface area (Å²) in [6.45, 7) is 4.99. The van der Waals surface area contributed by atoms with Crippen LogP contribution < -0.4 is 15.5 Å². The zero-order valence-corrected chi connectivity index (χ0v) is 20.5. The standard InChI is InChI=1S/C19H26BrN5S.HI/c1-14-13-26-18(23-14)8-5-10-22-19(21-2)24-15-9-11-25(12-15)17-7-4-3-6-16(17)20;/h3-4,6-7,13,15H,5,8-12H2,1-2H3,(H2,21,22,24);1H. The molecule has 0 spiro atoms. The van der Waals surface area contributed by atoms with Crippen LogP contribution in [0.4, 0.5) is 5.69 Å². The minimum Gasteiger partial charge on any atom is -0.368 e. The molecule has 148 valence electrons. The van der Waals surface area contributed by atoms with Crippen molar-refractivity contribution >= 4 is 62.9 Å².